The Kier molecular flexibility index (Phi) is 13.4. The van der Waals surface area contributed by atoms with Gasteiger partial charge in [-0.2, -0.15) is 0 Å². The zero-order chi connectivity index (χ0) is 12.8. The maximum atomic E-state index is 11.5. The minimum Gasteiger partial charge on any atom is -0.317 e. The topological polar surface area (TPSA) is 29.1 Å². The van der Waals surface area contributed by atoms with Gasteiger partial charge < -0.3 is 5.32 Å². The molecule has 0 bridgehead atoms. The second-order valence-electron chi connectivity index (χ2n) is 4.87. The average molecular weight is 241 g/mol. The molecule has 2 heteroatoms. The summed E-state index contributed by atoms with van der Waals surface area (Å²) in [5, 5.41) is 3.19. The third kappa shape index (κ3) is 13.6. The van der Waals surface area contributed by atoms with Crippen LogP contribution >= 0.6 is 0 Å². The Bertz CT molecular complexity index is 168. The molecule has 17 heavy (non-hydrogen) atoms. The van der Waals surface area contributed by atoms with Crippen LogP contribution in [0.4, 0.5) is 0 Å². The van der Waals surface area contributed by atoms with E-state index in [0.717, 1.165) is 25.9 Å². The van der Waals surface area contributed by atoms with Gasteiger partial charge in [-0.25, -0.2) is 0 Å². The van der Waals surface area contributed by atoms with Crippen LogP contribution in [0, 0.1) is 0 Å². The molecule has 0 saturated heterocycles. The van der Waals surface area contributed by atoms with E-state index in [-0.39, 0.29) is 0 Å². The van der Waals surface area contributed by atoms with Gasteiger partial charge in [0.2, 0.25) is 0 Å². The zero-order valence-corrected chi connectivity index (χ0v) is 11.9. The third-order valence-corrected chi connectivity index (χ3v) is 3.14. The van der Waals surface area contributed by atoms with Crippen LogP contribution in [0.3, 0.4) is 0 Å². The third-order valence-electron chi connectivity index (χ3n) is 3.14. The van der Waals surface area contributed by atoms with Gasteiger partial charge in [0.15, 0.2) is 0 Å². The highest BCUT2D eigenvalue weighted by molar-refractivity contribution is 5.78. The minimum absolute atomic E-state index is 0.428. The first-order valence-electron chi connectivity index (χ1n) is 7.53. The lowest BCUT2D eigenvalue weighted by Gasteiger charge is -2.02. The summed E-state index contributed by atoms with van der Waals surface area (Å²) in [7, 11) is 0. The number of Topliss-reactive ketones (excluding diaryl/α,β-unsaturated/α-hetero) is 1. The van der Waals surface area contributed by atoms with Crippen molar-refractivity contribution < 1.29 is 4.79 Å². The Morgan fingerprint density at radius 3 is 2.00 bits per heavy atom. The van der Waals surface area contributed by atoms with Crippen LogP contribution in [-0.4, -0.2) is 18.9 Å². The second kappa shape index (κ2) is 13.7. The van der Waals surface area contributed by atoms with Gasteiger partial charge in [-0.15, -0.1) is 0 Å². The molecule has 0 aliphatic rings. The molecule has 0 saturated carbocycles. The Morgan fingerprint density at radius 2 is 1.41 bits per heavy atom. The Morgan fingerprint density at radius 1 is 0.824 bits per heavy atom. The van der Waals surface area contributed by atoms with Gasteiger partial charge in [-0.05, 0) is 13.0 Å². The number of ketones is 1. The van der Waals surface area contributed by atoms with E-state index in [0.29, 0.717) is 12.2 Å². The van der Waals surface area contributed by atoms with Crippen LogP contribution in [0.25, 0.3) is 0 Å². The predicted octanol–water partition coefficient (Wildman–Crippen LogP) is 4.09. The summed E-state index contributed by atoms with van der Waals surface area (Å²) in [6.45, 7) is 6.14. The number of unbranched alkanes of at least 4 members (excludes halogenated alkanes) is 7. The van der Waals surface area contributed by atoms with E-state index in [1.165, 1.54) is 44.9 Å². The van der Waals surface area contributed by atoms with Crippen molar-refractivity contribution >= 4 is 5.78 Å². The number of hydrogen-bond donors (Lipinski definition) is 1. The van der Waals surface area contributed by atoms with Crippen LogP contribution in [0.2, 0.25) is 0 Å². The van der Waals surface area contributed by atoms with Gasteiger partial charge >= 0.3 is 0 Å². The van der Waals surface area contributed by atoms with E-state index >= 15 is 0 Å². The quantitative estimate of drug-likeness (QED) is 0.492. The highest BCUT2D eigenvalue weighted by Gasteiger charge is 2.00. The Hall–Kier alpha value is -0.370. The molecule has 0 aromatic heterocycles. The first-order valence-corrected chi connectivity index (χ1v) is 7.53. The SMILES string of the molecule is CCCCCCCCCCC(=O)CCNCC. The van der Waals surface area contributed by atoms with Crippen molar-refractivity contribution in [1.82, 2.24) is 5.32 Å². The molecule has 0 aromatic carbocycles. The van der Waals surface area contributed by atoms with Crippen LogP contribution < -0.4 is 5.32 Å². The van der Waals surface area contributed by atoms with Crippen molar-refractivity contribution in [3.8, 4) is 0 Å². The summed E-state index contributed by atoms with van der Waals surface area (Å²) in [5.41, 5.74) is 0. The monoisotopic (exact) mass is 241 g/mol. The smallest absolute Gasteiger partial charge is 0.134 e. The van der Waals surface area contributed by atoms with E-state index in [4.69, 9.17) is 0 Å². The summed E-state index contributed by atoms with van der Waals surface area (Å²) in [5.74, 6) is 0.428. The standard InChI is InChI=1S/C15H31NO/c1-3-5-6-7-8-9-10-11-12-15(17)13-14-16-4-2/h16H,3-14H2,1-2H3. The fourth-order valence-electron chi connectivity index (χ4n) is 1.99. The van der Waals surface area contributed by atoms with Crippen LogP contribution in [0.15, 0.2) is 0 Å². The number of carbonyl (C=O) groups is 1. The Balaban J connectivity index is 3.08. The molecule has 0 radical (unpaired) electrons. The van der Waals surface area contributed by atoms with Crippen molar-refractivity contribution in [2.45, 2.75) is 78.1 Å². The lowest BCUT2D eigenvalue weighted by Crippen LogP contribution is -2.17. The highest BCUT2D eigenvalue weighted by atomic mass is 16.1. The van der Waals surface area contributed by atoms with Gasteiger partial charge in [0.1, 0.15) is 5.78 Å². The van der Waals surface area contributed by atoms with Crippen molar-refractivity contribution in [2.24, 2.45) is 0 Å². The molecular weight excluding hydrogens is 210 g/mol. The zero-order valence-electron chi connectivity index (χ0n) is 11.9. The summed E-state index contributed by atoms with van der Waals surface area (Å²) in [6.07, 6.45) is 12.0. The highest BCUT2D eigenvalue weighted by Crippen LogP contribution is 2.09. The van der Waals surface area contributed by atoms with Crippen molar-refractivity contribution in [3.05, 3.63) is 0 Å². The van der Waals surface area contributed by atoms with E-state index in [9.17, 15) is 4.79 Å². The molecule has 0 spiro atoms. The molecular formula is C15H31NO. The minimum atomic E-state index is 0.428. The second-order valence-corrected chi connectivity index (χ2v) is 4.87. The van der Waals surface area contributed by atoms with E-state index in [2.05, 4.69) is 19.2 Å². The van der Waals surface area contributed by atoms with Crippen molar-refractivity contribution in [1.29, 1.82) is 0 Å². The molecule has 0 aliphatic heterocycles. The number of rotatable bonds is 13. The molecule has 0 aromatic rings. The molecule has 0 amide bonds. The lowest BCUT2D eigenvalue weighted by atomic mass is 10.1. The normalized spacial score (nSPS) is 10.7. The van der Waals surface area contributed by atoms with Crippen molar-refractivity contribution in [3.63, 3.8) is 0 Å². The molecule has 0 heterocycles. The maximum Gasteiger partial charge on any atom is 0.134 e. The summed E-state index contributed by atoms with van der Waals surface area (Å²) in [4.78, 5) is 11.5. The average Bonchev–Trinajstić information content (AvgIpc) is 2.33. The van der Waals surface area contributed by atoms with Crippen LogP contribution in [0.1, 0.15) is 78.1 Å². The molecule has 2 nitrogen and oxygen atoms in total. The van der Waals surface area contributed by atoms with Gasteiger partial charge in [0.25, 0.3) is 0 Å². The van der Waals surface area contributed by atoms with Crippen LogP contribution in [-0.2, 0) is 4.79 Å². The molecule has 0 aliphatic carbocycles. The summed E-state index contributed by atoms with van der Waals surface area (Å²) in [6, 6.07) is 0. The Labute approximate surface area is 108 Å². The first kappa shape index (κ1) is 16.6. The maximum absolute atomic E-state index is 11.5. The number of carbonyl (C=O) groups excluding carboxylic acids is 1. The fourth-order valence-corrected chi connectivity index (χ4v) is 1.99. The summed E-state index contributed by atoms with van der Waals surface area (Å²) >= 11 is 0. The molecule has 0 rings (SSSR count). The van der Waals surface area contributed by atoms with Gasteiger partial charge in [-0.3, -0.25) is 4.79 Å². The predicted molar refractivity (Wildman–Crippen MR) is 75.4 cm³/mol. The van der Waals surface area contributed by atoms with Crippen LogP contribution in [0.5, 0.6) is 0 Å². The molecule has 0 fully saturated rings. The molecule has 0 unspecified atom stereocenters. The number of hydrogen-bond acceptors (Lipinski definition) is 2. The number of nitrogens with one attached hydrogen (secondary N) is 1. The lowest BCUT2D eigenvalue weighted by molar-refractivity contribution is -0.119. The fraction of sp³-hybridized carbons (Fsp3) is 0.933. The van der Waals surface area contributed by atoms with Gasteiger partial charge in [0, 0.05) is 19.4 Å². The van der Waals surface area contributed by atoms with Gasteiger partial charge in [-0.1, -0.05) is 58.8 Å². The molecule has 1 N–H and O–H groups in total. The summed E-state index contributed by atoms with van der Waals surface area (Å²) < 4.78 is 0. The first-order chi connectivity index (χ1) is 8.31. The largest absolute Gasteiger partial charge is 0.317 e. The van der Waals surface area contributed by atoms with Crippen molar-refractivity contribution in [2.75, 3.05) is 13.1 Å². The van der Waals surface area contributed by atoms with E-state index < -0.39 is 0 Å². The van der Waals surface area contributed by atoms with Gasteiger partial charge in [0.05, 0.1) is 0 Å². The molecule has 102 valence electrons. The van der Waals surface area contributed by atoms with E-state index in [1.54, 1.807) is 0 Å². The van der Waals surface area contributed by atoms with E-state index in [1.807, 2.05) is 0 Å². The molecule has 0 atom stereocenters.